The molecule has 0 saturated carbocycles. The van der Waals surface area contributed by atoms with E-state index in [0.29, 0.717) is 6.54 Å². The Balaban J connectivity index is 2.52. The molecular weight excluding hydrogens is 226 g/mol. The van der Waals surface area contributed by atoms with E-state index in [-0.39, 0.29) is 5.92 Å². The molecule has 0 aromatic carbocycles. The molecule has 0 aliphatic carbocycles. The van der Waals surface area contributed by atoms with Gasteiger partial charge < -0.3 is 0 Å². The van der Waals surface area contributed by atoms with Gasteiger partial charge in [0.15, 0.2) is 0 Å². The molecule has 0 radical (unpaired) electrons. The summed E-state index contributed by atoms with van der Waals surface area (Å²) in [6.45, 7) is 7.10. The molecule has 0 spiro atoms. The van der Waals surface area contributed by atoms with Crippen LogP contribution in [0.2, 0.25) is 0 Å². The third-order valence-electron chi connectivity index (χ3n) is 2.28. The predicted octanol–water partition coefficient (Wildman–Crippen LogP) is 0.685. The van der Waals surface area contributed by atoms with Crippen molar-refractivity contribution in [3.8, 4) is 0 Å². The standard InChI is InChI=1S/C10H19N3O2S/c1-8(6-11-16(4,14)15)7-13-10(3)5-9(2)12-13/h5,8,11H,6-7H2,1-4H3/t8-/m0/s1. The van der Waals surface area contributed by atoms with Gasteiger partial charge in [0, 0.05) is 18.8 Å². The Morgan fingerprint density at radius 1 is 1.50 bits per heavy atom. The van der Waals surface area contributed by atoms with Gasteiger partial charge in [0.25, 0.3) is 0 Å². The lowest BCUT2D eigenvalue weighted by Crippen LogP contribution is -2.29. The first-order chi connectivity index (χ1) is 7.28. The monoisotopic (exact) mass is 245 g/mol. The summed E-state index contributed by atoms with van der Waals surface area (Å²) in [7, 11) is -3.10. The molecular formula is C10H19N3O2S. The van der Waals surface area contributed by atoms with E-state index < -0.39 is 10.0 Å². The molecule has 16 heavy (non-hydrogen) atoms. The van der Waals surface area contributed by atoms with Crippen molar-refractivity contribution in [2.75, 3.05) is 12.8 Å². The quantitative estimate of drug-likeness (QED) is 0.830. The Labute approximate surface area is 96.9 Å². The summed E-state index contributed by atoms with van der Waals surface area (Å²) >= 11 is 0. The first-order valence-corrected chi connectivity index (χ1v) is 7.13. The summed E-state index contributed by atoms with van der Waals surface area (Å²) in [4.78, 5) is 0. The molecule has 1 rings (SSSR count). The number of nitrogens with zero attached hydrogens (tertiary/aromatic N) is 2. The first-order valence-electron chi connectivity index (χ1n) is 5.23. The van der Waals surface area contributed by atoms with Crippen LogP contribution in [0.4, 0.5) is 0 Å². The minimum atomic E-state index is -3.10. The highest BCUT2D eigenvalue weighted by Gasteiger charge is 2.09. The number of sulfonamides is 1. The zero-order chi connectivity index (χ0) is 12.3. The second-order valence-corrected chi connectivity index (χ2v) is 6.17. The van der Waals surface area contributed by atoms with E-state index in [9.17, 15) is 8.42 Å². The van der Waals surface area contributed by atoms with Crippen LogP contribution in [-0.4, -0.2) is 31.0 Å². The highest BCUT2D eigenvalue weighted by molar-refractivity contribution is 7.88. The maximum Gasteiger partial charge on any atom is 0.208 e. The van der Waals surface area contributed by atoms with Gasteiger partial charge in [0.2, 0.25) is 10.0 Å². The van der Waals surface area contributed by atoms with Gasteiger partial charge in [-0.1, -0.05) is 6.92 Å². The van der Waals surface area contributed by atoms with Gasteiger partial charge in [0.1, 0.15) is 0 Å². The van der Waals surface area contributed by atoms with Gasteiger partial charge in [-0.25, -0.2) is 13.1 Å². The van der Waals surface area contributed by atoms with E-state index in [0.717, 1.165) is 17.9 Å². The van der Waals surface area contributed by atoms with Gasteiger partial charge in [0.05, 0.1) is 11.9 Å². The largest absolute Gasteiger partial charge is 0.269 e. The second-order valence-electron chi connectivity index (χ2n) is 4.34. The van der Waals surface area contributed by atoms with Crippen LogP contribution in [0.25, 0.3) is 0 Å². The molecule has 1 N–H and O–H groups in total. The maximum absolute atomic E-state index is 10.9. The molecule has 0 bridgehead atoms. The van der Waals surface area contributed by atoms with Crippen LogP contribution in [0, 0.1) is 19.8 Å². The van der Waals surface area contributed by atoms with E-state index in [4.69, 9.17) is 0 Å². The normalized spacial score (nSPS) is 14.0. The summed E-state index contributed by atoms with van der Waals surface area (Å²) in [5.41, 5.74) is 2.09. The third kappa shape index (κ3) is 4.32. The highest BCUT2D eigenvalue weighted by atomic mass is 32.2. The number of hydrogen-bond acceptors (Lipinski definition) is 3. The molecule has 1 atom stereocenters. The summed E-state index contributed by atoms with van der Waals surface area (Å²) in [5.74, 6) is 0.215. The average molecular weight is 245 g/mol. The molecule has 1 aromatic rings. The smallest absolute Gasteiger partial charge is 0.208 e. The summed E-state index contributed by atoms with van der Waals surface area (Å²) in [5, 5.41) is 4.33. The van der Waals surface area contributed by atoms with Crippen molar-refractivity contribution in [2.24, 2.45) is 5.92 Å². The average Bonchev–Trinajstić information content (AvgIpc) is 2.41. The molecule has 0 unspecified atom stereocenters. The molecule has 6 heteroatoms. The highest BCUT2D eigenvalue weighted by Crippen LogP contribution is 2.05. The van der Waals surface area contributed by atoms with Gasteiger partial charge in [-0.2, -0.15) is 5.10 Å². The van der Waals surface area contributed by atoms with Crippen LogP contribution >= 0.6 is 0 Å². The molecule has 5 nitrogen and oxygen atoms in total. The van der Waals surface area contributed by atoms with Crippen molar-refractivity contribution in [2.45, 2.75) is 27.3 Å². The fraction of sp³-hybridized carbons (Fsp3) is 0.700. The Morgan fingerprint density at radius 2 is 2.12 bits per heavy atom. The van der Waals surface area contributed by atoms with E-state index in [2.05, 4.69) is 9.82 Å². The number of hydrogen-bond donors (Lipinski definition) is 1. The summed E-state index contributed by atoms with van der Waals surface area (Å²) in [6.07, 6.45) is 1.17. The maximum atomic E-state index is 10.9. The first kappa shape index (κ1) is 13.2. The third-order valence-corrected chi connectivity index (χ3v) is 2.97. The number of aromatic nitrogens is 2. The van der Waals surface area contributed by atoms with Gasteiger partial charge >= 0.3 is 0 Å². The van der Waals surface area contributed by atoms with Crippen molar-refractivity contribution in [3.05, 3.63) is 17.5 Å². The molecule has 0 fully saturated rings. The fourth-order valence-electron chi connectivity index (χ4n) is 1.51. The van der Waals surface area contributed by atoms with Crippen molar-refractivity contribution < 1.29 is 8.42 Å². The predicted molar refractivity (Wildman–Crippen MR) is 63.7 cm³/mol. The van der Waals surface area contributed by atoms with Crippen LogP contribution in [0.1, 0.15) is 18.3 Å². The SMILES string of the molecule is Cc1cc(C)n(C[C@@H](C)CNS(C)(=O)=O)n1. The molecule has 1 heterocycles. The van der Waals surface area contributed by atoms with Crippen molar-refractivity contribution in [1.29, 1.82) is 0 Å². The Hall–Kier alpha value is -0.880. The van der Waals surface area contributed by atoms with E-state index in [1.807, 2.05) is 31.5 Å². The number of nitrogens with one attached hydrogen (secondary N) is 1. The van der Waals surface area contributed by atoms with Gasteiger partial charge in [-0.15, -0.1) is 0 Å². The van der Waals surface area contributed by atoms with Crippen LogP contribution in [-0.2, 0) is 16.6 Å². The summed E-state index contributed by atoms with van der Waals surface area (Å²) in [6, 6.07) is 2.01. The van der Waals surface area contributed by atoms with Crippen LogP contribution in [0.15, 0.2) is 6.07 Å². The van der Waals surface area contributed by atoms with Crippen LogP contribution in [0.3, 0.4) is 0 Å². The lowest BCUT2D eigenvalue weighted by atomic mass is 10.2. The fourth-order valence-corrected chi connectivity index (χ4v) is 2.10. The topological polar surface area (TPSA) is 64.0 Å². The molecule has 0 saturated heterocycles. The molecule has 0 aliphatic heterocycles. The minimum Gasteiger partial charge on any atom is -0.269 e. The van der Waals surface area contributed by atoms with Crippen molar-refractivity contribution in [1.82, 2.24) is 14.5 Å². The molecule has 0 amide bonds. The molecule has 92 valence electrons. The van der Waals surface area contributed by atoms with E-state index in [1.165, 1.54) is 6.26 Å². The van der Waals surface area contributed by atoms with Crippen molar-refractivity contribution >= 4 is 10.0 Å². The Morgan fingerprint density at radius 3 is 2.56 bits per heavy atom. The summed E-state index contributed by atoms with van der Waals surface area (Å²) < 4.78 is 26.3. The Kier molecular flexibility index (Phi) is 4.09. The minimum absolute atomic E-state index is 0.215. The zero-order valence-corrected chi connectivity index (χ0v) is 11.0. The van der Waals surface area contributed by atoms with Gasteiger partial charge in [-0.3, -0.25) is 4.68 Å². The molecule has 0 aliphatic rings. The lowest BCUT2D eigenvalue weighted by Gasteiger charge is -2.12. The van der Waals surface area contributed by atoms with E-state index in [1.54, 1.807) is 0 Å². The van der Waals surface area contributed by atoms with Crippen LogP contribution < -0.4 is 4.72 Å². The van der Waals surface area contributed by atoms with Gasteiger partial charge in [-0.05, 0) is 25.8 Å². The van der Waals surface area contributed by atoms with Crippen LogP contribution in [0.5, 0.6) is 0 Å². The number of aryl methyl sites for hydroxylation is 2. The zero-order valence-electron chi connectivity index (χ0n) is 10.2. The number of rotatable bonds is 5. The van der Waals surface area contributed by atoms with Crippen molar-refractivity contribution in [3.63, 3.8) is 0 Å². The second kappa shape index (κ2) is 4.97. The lowest BCUT2D eigenvalue weighted by molar-refractivity contribution is 0.436. The molecule has 1 aromatic heterocycles. The van der Waals surface area contributed by atoms with E-state index >= 15 is 0 Å². The Bertz CT molecular complexity index is 451.